The van der Waals surface area contributed by atoms with Crippen LogP contribution in [0.25, 0.3) is 11.1 Å². The Hall–Kier alpha value is -3.73. The molecule has 0 radical (unpaired) electrons. The molecule has 4 aromatic rings. The third-order valence-electron chi connectivity index (χ3n) is 8.67. The summed E-state index contributed by atoms with van der Waals surface area (Å²) in [5.41, 5.74) is 5.75. The Kier molecular flexibility index (Phi) is 12.7. The van der Waals surface area contributed by atoms with Gasteiger partial charge in [-0.15, -0.1) is 0 Å². The minimum absolute atomic E-state index is 0.00913. The lowest BCUT2D eigenvalue weighted by Gasteiger charge is -2.41. The van der Waals surface area contributed by atoms with E-state index in [1.165, 1.54) is 6.92 Å². The normalized spacial score (nSPS) is 19.2. The highest BCUT2D eigenvalue weighted by Gasteiger charge is 2.39. The first kappa shape index (κ1) is 35.6. The van der Waals surface area contributed by atoms with Gasteiger partial charge in [-0.2, -0.15) is 0 Å². The Labute approximate surface area is 291 Å². The van der Waals surface area contributed by atoms with Crippen LogP contribution in [0.15, 0.2) is 79.1 Å². The maximum Gasteiger partial charge on any atom is 0.220 e. The lowest BCUT2D eigenvalue weighted by Crippen LogP contribution is -2.39. The quantitative estimate of drug-likeness (QED) is 0.121. The fourth-order valence-electron chi connectivity index (χ4n) is 5.90. The molecular formula is C37H42Cl2N4O5. The number of carbonyl (C=O) groups is 2. The number of carbonyl (C=O) groups excluding carboxylic acids is 2. The molecule has 0 aliphatic carbocycles. The molecule has 0 bridgehead atoms. The Morgan fingerprint density at radius 3 is 2.33 bits per heavy atom. The molecule has 0 saturated carbocycles. The first-order chi connectivity index (χ1) is 23.2. The summed E-state index contributed by atoms with van der Waals surface area (Å²) in [6.45, 7) is 5.07. The molecule has 1 saturated heterocycles. The van der Waals surface area contributed by atoms with Gasteiger partial charge in [0.25, 0.3) is 0 Å². The number of halogens is 2. The number of amides is 2. The topological polar surface area (TPSA) is 115 Å². The number of imidazole rings is 1. The average molecular weight is 694 g/mol. The highest BCUT2D eigenvalue weighted by Crippen LogP contribution is 2.43. The zero-order valence-electron chi connectivity index (χ0n) is 27.2. The van der Waals surface area contributed by atoms with Crippen molar-refractivity contribution in [2.45, 2.75) is 77.7 Å². The number of hydrogen-bond donors (Lipinski definition) is 3. The number of rotatable bonds is 14. The molecule has 2 heterocycles. The molecule has 5 rings (SSSR count). The van der Waals surface area contributed by atoms with Gasteiger partial charge in [-0.3, -0.25) is 9.59 Å². The maximum atomic E-state index is 12.5. The number of benzene rings is 3. The molecule has 9 nitrogen and oxygen atoms in total. The molecule has 1 aromatic heterocycles. The van der Waals surface area contributed by atoms with Crippen molar-refractivity contribution >= 4 is 35.0 Å². The number of aromatic nitrogens is 2. The van der Waals surface area contributed by atoms with Crippen molar-refractivity contribution in [3.63, 3.8) is 0 Å². The minimum Gasteiger partial charge on any atom is -0.392 e. The zero-order valence-corrected chi connectivity index (χ0v) is 28.7. The van der Waals surface area contributed by atoms with E-state index in [1.807, 2.05) is 66.7 Å². The van der Waals surface area contributed by atoms with E-state index in [2.05, 4.69) is 28.6 Å². The van der Waals surface area contributed by atoms with Crippen molar-refractivity contribution in [3.05, 3.63) is 112 Å². The summed E-state index contributed by atoms with van der Waals surface area (Å²) in [6.07, 6.45) is 3.38. The highest BCUT2D eigenvalue weighted by atomic mass is 35.5. The Morgan fingerprint density at radius 1 is 0.917 bits per heavy atom. The van der Waals surface area contributed by atoms with E-state index in [0.29, 0.717) is 31.2 Å². The summed E-state index contributed by atoms with van der Waals surface area (Å²) in [5.74, 6) is -0.0629. The van der Waals surface area contributed by atoms with E-state index in [4.69, 9.17) is 32.7 Å². The van der Waals surface area contributed by atoms with Crippen LogP contribution < -0.4 is 10.6 Å². The number of aliphatic hydroxyl groups is 1. The van der Waals surface area contributed by atoms with E-state index >= 15 is 0 Å². The number of aliphatic hydroxyl groups excluding tert-OH is 1. The first-order valence-corrected chi connectivity index (χ1v) is 17.0. The summed E-state index contributed by atoms with van der Waals surface area (Å²) in [7, 11) is 0. The number of hydrogen-bond acceptors (Lipinski definition) is 6. The molecule has 0 unspecified atom stereocenters. The largest absolute Gasteiger partial charge is 0.392 e. The molecule has 1 aliphatic rings. The van der Waals surface area contributed by atoms with Gasteiger partial charge in [-0.05, 0) is 40.7 Å². The smallest absolute Gasteiger partial charge is 0.220 e. The number of nitrogens with one attached hydrogen (secondary N) is 2. The van der Waals surface area contributed by atoms with Crippen molar-refractivity contribution in [3.8, 4) is 11.1 Å². The van der Waals surface area contributed by atoms with Gasteiger partial charge in [0, 0.05) is 37.9 Å². The molecule has 254 valence electrons. The fourth-order valence-corrected chi connectivity index (χ4v) is 6.22. The first-order valence-electron chi connectivity index (χ1n) is 16.3. The second-order valence-electron chi connectivity index (χ2n) is 12.2. The van der Waals surface area contributed by atoms with Crippen molar-refractivity contribution in [2.24, 2.45) is 5.92 Å². The van der Waals surface area contributed by atoms with Gasteiger partial charge in [0.15, 0.2) is 11.4 Å². The van der Waals surface area contributed by atoms with Crippen molar-refractivity contribution in [1.82, 2.24) is 20.2 Å². The standard InChI is InChI=1S/C37H42Cl2N4O5/c1-24-32(21-43-23-42-35(38)36(43)39)47-37(48-34(24)28-13-11-26(22-44)12-14-28)29-17-15-27(16-18-29)31-9-6-5-8-30(31)20-41-33(46)10-4-3-7-19-40-25(2)45/h5-6,8-9,11-18,23-24,32,34,37,44H,3-4,7,10,19-22H2,1-2H3,(H,40,45)(H,41,46)/t24-,32+,34+,37+/m0/s1. The van der Waals surface area contributed by atoms with Gasteiger partial charge in [0.1, 0.15) is 5.15 Å². The molecule has 3 aromatic carbocycles. The molecule has 11 heteroatoms. The summed E-state index contributed by atoms with van der Waals surface area (Å²) < 4.78 is 15.0. The summed E-state index contributed by atoms with van der Waals surface area (Å²) >= 11 is 12.5. The zero-order chi connectivity index (χ0) is 34.0. The van der Waals surface area contributed by atoms with Crippen LogP contribution in [0.5, 0.6) is 0 Å². The van der Waals surface area contributed by atoms with Gasteiger partial charge in [0.05, 0.1) is 31.7 Å². The van der Waals surface area contributed by atoms with E-state index in [-0.39, 0.29) is 41.7 Å². The molecule has 2 amide bonds. The van der Waals surface area contributed by atoms with Crippen LogP contribution in [-0.2, 0) is 38.8 Å². The number of ether oxygens (including phenoxy) is 2. The molecular weight excluding hydrogens is 651 g/mol. The molecule has 48 heavy (non-hydrogen) atoms. The van der Waals surface area contributed by atoms with Crippen LogP contribution >= 0.6 is 23.2 Å². The average Bonchev–Trinajstić information content (AvgIpc) is 3.42. The number of nitrogens with zero attached hydrogens (tertiary/aromatic N) is 2. The molecule has 0 spiro atoms. The predicted molar refractivity (Wildman–Crippen MR) is 186 cm³/mol. The molecule has 4 atom stereocenters. The van der Waals surface area contributed by atoms with Gasteiger partial charge < -0.3 is 29.8 Å². The van der Waals surface area contributed by atoms with Crippen LogP contribution in [0.3, 0.4) is 0 Å². The highest BCUT2D eigenvalue weighted by molar-refractivity contribution is 6.40. The van der Waals surface area contributed by atoms with Crippen molar-refractivity contribution in [1.29, 1.82) is 0 Å². The van der Waals surface area contributed by atoms with Gasteiger partial charge in [-0.1, -0.05) is 109 Å². The third kappa shape index (κ3) is 9.24. The van der Waals surface area contributed by atoms with Crippen LogP contribution in [-0.4, -0.2) is 39.1 Å². The Bertz CT molecular complexity index is 1660. The summed E-state index contributed by atoms with van der Waals surface area (Å²) in [6, 6.07) is 23.9. The monoisotopic (exact) mass is 692 g/mol. The molecule has 1 aliphatic heterocycles. The molecule has 1 fully saturated rings. The van der Waals surface area contributed by atoms with Gasteiger partial charge in [-0.25, -0.2) is 4.98 Å². The van der Waals surface area contributed by atoms with Gasteiger partial charge >= 0.3 is 0 Å². The van der Waals surface area contributed by atoms with Gasteiger partial charge in [0.2, 0.25) is 11.8 Å². The maximum absolute atomic E-state index is 12.5. The van der Waals surface area contributed by atoms with Crippen molar-refractivity contribution in [2.75, 3.05) is 6.54 Å². The van der Waals surface area contributed by atoms with E-state index < -0.39 is 6.29 Å². The molecule has 3 N–H and O–H groups in total. The van der Waals surface area contributed by atoms with Crippen LogP contribution in [0.1, 0.15) is 74.2 Å². The SMILES string of the molecule is CC(=O)NCCCCCC(=O)NCc1ccccc1-c1ccc([C@@H]2O[C@H](Cn3cnc(Cl)c3Cl)[C@H](C)[C@H](c3ccc(CO)cc3)O2)cc1. The van der Waals surface area contributed by atoms with E-state index in [9.17, 15) is 14.7 Å². The Morgan fingerprint density at radius 2 is 1.65 bits per heavy atom. The van der Waals surface area contributed by atoms with Crippen LogP contribution in [0.2, 0.25) is 10.3 Å². The van der Waals surface area contributed by atoms with E-state index in [0.717, 1.165) is 52.6 Å². The van der Waals surface area contributed by atoms with E-state index in [1.54, 1.807) is 10.9 Å². The lowest BCUT2D eigenvalue weighted by atomic mass is 9.90. The second kappa shape index (κ2) is 17.1. The predicted octanol–water partition coefficient (Wildman–Crippen LogP) is 7.15. The van der Waals surface area contributed by atoms with Crippen molar-refractivity contribution < 1.29 is 24.2 Å². The summed E-state index contributed by atoms with van der Waals surface area (Å²) in [4.78, 5) is 27.6. The minimum atomic E-state index is -0.645. The second-order valence-corrected chi connectivity index (χ2v) is 12.9. The summed E-state index contributed by atoms with van der Waals surface area (Å²) in [5, 5.41) is 16.0. The Balaban J connectivity index is 1.27. The van der Waals surface area contributed by atoms with Crippen LogP contribution in [0, 0.1) is 5.92 Å². The number of unbranched alkanes of at least 4 members (excludes halogenated alkanes) is 2. The fraction of sp³-hybridized carbons (Fsp3) is 0.378. The lowest BCUT2D eigenvalue weighted by molar-refractivity contribution is -0.276. The third-order valence-corrected chi connectivity index (χ3v) is 9.44. The van der Waals surface area contributed by atoms with Crippen LogP contribution in [0.4, 0.5) is 0 Å².